The molecule has 2 nitrogen and oxygen atoms in total. The van der Waals surface area contributed by atoms with E-state index in [9.17, 15) is 4.79 Å². The Morgan fingerprint density at radius 3 is 2.22 bits per heavy atom. The minimum absolute atomic E-state index is 0.0748. The molecule has 1 heterocycles. The summed E-state index contributed by atoms with van der Waals surface area (Å²) in [7, 11) is 0. The topological polar surface area (TPSA) is 20.3 Å². The summed E-state index contributed by atoms with van der Waals surface area (Å²) < 4.78 is 0. The summed E-state index contributed by atoms with van der Waals surface area (Å²) in [5, 5.41) is 0. The Bertz CT molecular complexity index is 642. The second-order valence-electron chi connectivity index (χ2n) is 6.12. The zero-order chi connectivity index (χ0) is 15.9. The van der Waals surface area contributed by atoms with E-state index in [1.165, 1.54) is 12.8 Å². The van der Waals surface area contributed by atoms with Crippen LogP contribution in [0.3, 0.4) is 0 Å². The molecule has 1 fully saturated rings. The van der Waals surface area contributed by atoms with Crippen molar-refractivity contribution in [1.29, 1.82) is 0 Å². The first-order chi connectivity index (χ1) is 11.3. The van der Waals surface area contributed by atoms with Crippen molar-refractivity contribution in [3.05, 3.63) is 77.9 Å². The molecule has 0 aliphatic carbocycles. The van der Waals surface area contributed by atoms with Crippen LogP contribution in [0.2, 0.25) is 0 Å². The van der Waals surface area contributed by atoms with Gasteiger partial charge in [-0.1, -0.05) is 66.7 Å². The molecule has 0 bridgehead atoms. The highest BCUT2D eigenvalue weighted by atomic mass is 16.1. The lowest BCUT2D eigenvalue weighted by Crippen LogP contribution is -2.29. The first-order valence-electron chi connectivity index (χ1n) is 8.37. The molecule has 3 rings (SSSR count). The van der Waals surface area contributed by atoms with Crippen LogP contribution in [-0.4, -0.2) is 30.3 Å². The van der Waals surface area contributed by atoms with Crippen LogP contribution in [0.25, 0.3) is 6.08 Å². The SMILES string of the molecule is O=C(C=Cc1ccccc1)C(CN1CCCC1)c1ccccc1. The zero-order valence-electron chi connectivity index (χ0n) is 13.4. The molecular formula is C21H23NO. The highest BCUT2D eigenvalue weighted by Gasteiger charge is 2.23. The summed E-state index contributed by atoms with van der Waals surface area (Å²) in [6.07, 6.45) is 6.15. The Morgan fingerprint density at radius 1 is 0.957 bits per heavy atom. The molecule has 1 saturated heterocycles. The van der Waals surface area contributed by atoms with Crippen molar-refractivity contribution < 1.29 is 4.79 Å². The third-order valence-corrected chi connectivity index (χ3v) is 4.42. The summed E-state index contributed by atoms with van der Waals surface area (Å²) in [5.74, 6) is 0.112. The highest BCUT2D eigenvalue weighted by molar-refractivity contribution is 5.98. The van der Waals surface area contributed by atoms with Gasteiger partial charge in [0.2, 0.25) is 0 Å². The molecule has 118 valence electrons. The summed E-state index contributed by atoms with van der Waals surface area (Å²) in [6, 6.07) is 20.2. The quantitative estimate of drug-likeness (QED) is 0.747. The van der Waals surface area contributed by atoms with E-state index in [1.807, 2.05) is 54.6 Å². The van der Waals surface area contributed by atoms with E-state index in [-0.39, 0.29) is 11.7 Å². The molecule has 1 atom stereocenters. The number of hydrogen-bond acceptors (Lipinski definition) is 2. The number of carbonyl (C=O) groups excluding carboxylic acids is 1. The minimum Gasteiger partial charge on any atom is -0.302 e. The largest absolute Gasteiger partial charge is 0.302 e. The molecule has 0 radical (unpaired) electrons. The number of likely N-dealkylation sites (tertiary alicyclic amines) is 1. The molecule has 1 aliphatic heterocycles. The summed E-state index contributed by atoms with van der Waals surface area (Å²) in [4.78, 5) is 15.2. The summed E-state index contributed by atoms with van der Waals surface area (Å²) >= 11 is 0. The van der Waals surface area contributed by atoms with Crippen molar-refractivity contribution in [3.63, 3.8) is 0 Å². The van der Waals surface area contributed by atoms with Crippen LogP contribution in [0.4, 0.5) is 0 Å². The Kier molecular flexibility index (Phi) is 5.38. The van der Waals surface area contributed by atoms with Crippen LogP contribution in [0.1, 0.15) is 29.9 Å². The number of ketones is 1. The van der Waals surface area contributed by atoms with Crippen LogP contribution in [0.5, 0.6) is 0 Å². The van der Waals surface area contributed by atoms with Crippen molar-refractivity contribution in [3.8, 4) is 0 Å². The fourth-order valence-corrected chi connectivity index (χ4v) is 3.13. The monoisotopic (exact) mass is 305 g/mol. The van der Waals surface area contributed by atoms with Crippen LogP contribution in [0.15, 0.2) is 66.7 Å². The molecule has 2 aromatic carbocycles. The number of allylic oxidation sites excluding steroid dienone is 1. The predicted octanol–water partition coefficient (Wildman–Crippen LogP) is 4.15. The van der Waals surface area contributed by atoms with Crippen LogP contribution < -0.4 is 0 Å². The molecule has 0 aromatic heterocycles. The van der Waals surface area contributed by atoms with E-state index in [4.69, 9.17) is 0 Å². The molecule has 23 heavy (non-hydrogen) atoms. The highest BCUT2D eigenvalue weighted by Crippen LogP contribution is 2.21. The zero-order valence-corrected chi connectivity index (χ0v) is 13.4. The van der Waals surface area contributed by atoms with E-state index in [0.717, 1.165) is 30.8 Å². The molecule has 2 aromatic rings. The number of hydrogen-bond donors (Lipinski definition) is 0. The second-order valence-corrected chi connectivity index (χ2v) is 6.12. The van der Waals surface area contributed by atoms with E-state index >= 15 is 0 Å². The Morgan fingerprint density at radius 2 is 1.57 bits per heavy atom. The molecule has 1 aliphatic rings. The van der Waals surface area contributed by atoms with Crippen molar-refractivity contribution in [2.45, 2.75) is 18.8 Å². The predicted molar refractivity (Wildman–Crippen MR) is 95.3 cm³/mol. The fourth-order valence-electron chi connectivity index (χ4n) is 3.13. The van der Waals surface area contributed by atoms with Crippen molar-refractivity contribution in [2.24, 2.45) is 0 Å². The third-order valence-electron chi connectivity index (χ3n) is 4.42. The number of nitrogens with zero attached hydrogens (tertiary/aromatic N) is 1. The first-order valence-corrected chi connectivity index (χ1v) is 8.37. The van der Waals surface area contributed by atoms with E-state index in [2.05, 4.69) is 17.0 Å². The van der Waals surface area contributed by atoms with Crippen LogP contribution in [-0.2, 0) is 4.79 Å². The molecule has 0 N–H and O–H groups in total. The van der Waals surface area contributed by atoms with Gasteiger partial charge < -0.3 is 4.90 Å². The van der Waals surface area contributed by atoms with Gasteiger partial charge in [0.1, 0.15) is 0 Å². The number of carbonyl (C=O) groups is 1. The van der Waals surface area contributed by atoms with Gasteiger partial charge in [-0.2, -0.15) is 0 Å². The smallest absolute Gasteiger partial charge is 0.164 e. The third kappa shape index (κ3) is 4.40. The van der Waals surface area contributed by atoms with Gasteiger partial charge in [0.05, 0.1) is 5.92 Å². The molecule has 2 heteroatoms. The van der Waals surface area contributed by atoms with Crippen molar-refractivity contribution in [2.75, 3.05) is 19.6 Å². The molecule has 1 unspecified atom stereocenters. The fraction of sp³-hybridized carbons (Fsp3) is 0.286. The lowest BCUT2D eigenvalue weighted by Gasteiger charge is -2.22. The Hall–Kier alpha value is -2.19. The first kappa shape index (κ1) is 15.7. The van der Waals surface area contributed by atoms with Gasteiger partial charge in [-0.05, 0) is 43.1 Å². The summed E-state index contributed by atoms with van der Waals surface area (Å²) in [6.45, 7) is 3.04. The van der Waals surface area contributed by atoms with Gasteiger partial charge in [-0.25, -0.2) is 0 Å². The Labute approximate surface area is 138 Å². The molecular weight excluding hydrogens is 282 g/mol. The van der Waals surface area contributed by atoms with Crippen molar-refractivity contribution in [1.82, 2.24) is 4.90 Å². The van der Waals surface area contributed by atoms with Crippen LogP contribution >= 0.6 is 0 Å². The maximum absolute atomic E-state index is 12.8. The van der Waals surface area contributed by atoms with Gasteiger partial charge in [0.25, 0.3) is 0 Å². The van der Waals surface area contributed by atoms with Crippen molar-refractivity contribution >= 4 is 11.9 Å². The number of rotatable bonds is 6. The maximum Gasteiger partial charge on any atom is 0.164 e. The van der Waals surface area contributed by atoms with Gasteiger partial charge in [0.15, 0.2) is 5.78 Å². The lowest BCUT2D eigenvalue weighted by molar-refractivity contribution is -0.116. The standard InChI is InChI=1S/C21H23NO/c23-21(14-13-18-9-3-1-4-10-18)20(17-22-15-7-8-16-22)19-11-5-2-6-12-19/h1-6,9-14,20H,7-8,15-17H2. The van der Waals surface area contributed by atoms with Crippen LogP contribution in [0, 0.1) is 0 Å². The molecule has 0 spiro atoms. The van der Waals surface area contributed by atoms with Gasteiger partial charge in [0, 0.05) is 6.54 Å². The molecule has 0 amide bonds. The normalized spacial score (nSPS) is 16.7. The molecule has 0 saturated carbocycles. The van der Waals surface area contributed by atoms with Gasteiger partial charge in [-0.3, -0.25) is 4.79 Å². The van der Waals surface area contributed by atoms with Gasteiger partial charge in [-0.15, -0.1) is 0 Å². The lowest BCUT2D eigenvalue weighted by atomic mass is 9.93. The van der Waals surface area contributed by atoms with E-state index in [1.54, 1.807) is 6.08 Å². The van der Waals surface area contributed by atoms with E-state index < -0.39 is 0 Å². The minimum atomic E-state index is -0.0748. The maximum atomic E-state index is 12.8. The summed E-state index contributed by atoms with van der Waals surface area (Å²) in [5.41, 5.74) is 2.18. The van der Waals surface area contributed by atoms with E-state index in [0.29, 0.717) is 0 Å². The number of benzene rings is 2. The Balaban J connectivity index is 1.76. The second kappa shape index (κ2) is 7.89. The average molecular weight is 305 g/mol. The van der Waals surface area contributed by atoms with Gasteiger partial charge >= 0.3 is 0 Å². The average Bonchev–Trinajstić information content (AvgIpc) is 3.12.